The molecule has 1 saturated carbocycles. The van der Waals surface area contributed by atoms with Gasteiger partial charge in [-0.05, 0) is 24.5 Å². The molecule has 0 heterocycles. The lowest BCUT2D eigenvalue weighted by Gasteiger charge is -2.24. The highest BCUT2D eigenvalue weighted by molar-refractivity contribution is 5.43. The van der Waals surface area contributed by atoms with Crippen molar-refractivity contribution < 1.29 is 9.47 Å². The van der Waals surface area contributed by atoms with E-state index in [2.05, 4.69) is 0 Å². The molecule has 2 rings (SSSR count). The lowest BCUT2D eigenvalue weighted by molar-refractivity contribution is 0.0961. The summed E-state index contributed by atoms with van der Waals surface area (Å²) in [5, 5.41) is 0. The Bertz CT molecular complexity index is 350. The van der Waals surface area contributed by atoms with Gasteiger partial charge < -0.3 is 15.2 Å². The Morgan fingerprint density at radius 3 is 2.78 bits per heavy atom. The topological polar surface area (TPSA) is 44.5 Å². The summed E-state index contributed by atoms with van der Waals surface area (Å²) < 4.78 is 11.2. The monoisotopic (exact) mass is 249 g/mol. The predicted molar refractivity (Wildman–Crippen MR) is 73.7 cm³/mol. The number of hydrogen-bond acceptors (Lipinski definition) is 3. The van der Waals surface area contributed by atoms with Crippen molar-refractivity contribution in [3.05, 3.63) is 24.3 Å². The zero-order valence-electron chi connectivity index (χ0n) is 10.9. The molecule has 1 aliphatic rings. The normalized spacial score (nSPS) is 15.3. The van der Waals surface area contributed by atoms with Gasteiger partial charge in [0.2, 0.25) is 0 Å². The highest BCUT2D eigenvalue weighted by atomic mass is 16.5. The van der Waals surface area contributed by atoms with Crippen molar-refractivity contribution in [1.29, 1.82) is 0 Å². The average Bonchev–Trinajstić information content (AvgIpc) is 2.30. The fourth-order valence-electron chi connectivity index (χ4n) is 2.09. The van der Waals surface area contributed by atoms with E-state index < -0.39 is 0 Å². The molecule has 1 aromatic rings. The highest BCUT2D eigenvalue weighted by Gasteiger charge is 2.16. The summed E-state index contributed by atoms with van der Waals surface area (Å²) in [7, 11) is 0. The van der Waals surface area contributed by atoms with Gasteiger partial charge in [-0.2, -0.15) is 0 Å². The second-order valence-electron chi connectivity index (χ2n) is 4.97. The first kappa shape index (κ1) is 13.2. The van der Waals surface area contributed by atoms with Crippen molar-refractivity contribution in [3.63, 3.8) is 0 Å². The third kappa shape index (κ3) is 4.57. The first-order valence-corrected chi connectivity index (χ1v) is 6.90. The molecule has 2 N–H and O–H groups in total. The third-order valence-electron chi connectivity index (χ3n) is 3.46. The van der Waals surface area contributed by atoms with E-state index in [4.69, 9.17) is 15.2 Å². The maximum Gasteiger partial charge on any atom is 0.121 e. The van der Waals surface area contributed by atoms with Crippen LogP contribution in [-0.2, 0) is 4.74 Å². The lowest BCUT2D eigenvalue weighted by Crippen LogP contribution is -2.14. The van der Waals surface area contributed by atoms with E-state index in [-0.39, 0.29) is 0 Å². The molecule has 0 unspecified atom stereocenters. The largest absolute Gasteiger partial charge is 0.493 e. The van der Waals surface area contributed by atoms with Crippen LogP contribution in [0.3, 0.4) is 0 Å². The maximum atomic E-state index is 5.67. The van der Waals surface area contributed by atoms with Gasteiger partial charge in [-0.3, -0.25) is 0 Å². The molecule has 18 heavy (non-hydrogen) atoms. The molecule has 0 amide bonds. The van der Waals surface area contributed by atoms with Crippen LogP contribution in [0.2, 0.25) is 0 Å². The molecule has 0 aliphatic heterocycles. The van der Waals surface area contributed by atoms with E-state index >= 15 is 0 Å². The average molecular weight is 249 g/mol. The SMILES string of the molecule is Nc1cccc(OCCCOCCC2CCC2)c1. The molecule has 1 aromatic carbocycles. The summed E-state index contributed by atoms with van der Waals surface area (Å²) in [5.41, 5.74) is 6.41. The number of nitrogen functional groups attached to an aromatic ring is 1. The van der Waals surface area contributed by atoms with Gasteiger partial charge in [0.05, 0.1) is 6.61 Å². The number of anilines is 1. The quantitative estimate of drug-likeness (QED) is 0.568. The standard InChI is InChI=1S/C15H23NO2/c16-14-6-2-7-15(12-14)18-10-3-9-17-11-8-13-4-1-5-13/h2,6-7,12-13H,1,3-5,8-11,16H2. The zero-order chi connectivity index (χ0) is 12.6. The van der Waals surface area contributed by atoms with Crippen LogP contribution in [0.15, 0.2) is 24.3 Å². The van der Waals surface area contributed by atoms with Crippen LogP contribution in [0.5, 0.6) is 5.75 Å². The second kappa shape index (κ2) is 7.27. The molecule has 0 saturated heterocycles. The van der Waals surface area contributed by atoms with Crippen molar-refractivity contribution in [2.45, 2.75) is 32.1 Å². The summed E-state index contributed by atoms with van der Waals surface area (Å²) >= 11 is 0. The van der Waals surface area contributed by atoms with E-state index in [1.54, 1.807) is 0 Å². The number of rotatable bonds is 8. The van der Waals surface area contributed by atoms with Crippen molar-refractivity contribution in [2.75, 3.05) is 25.6 Å². The van der Waals surface area contributed by atoms with Crippen LogP contribution in [0.1, 0.15) is 32.1 Å². The van der Waals surface area contributed by atoms with E-state index in [1.807, 2.05) is 24.3 Å². The van der Waals surface area contributed by atoms with Crippen LogP contribution in [0.4, 0.5) is 5.69 Å². The van der Waals surface area contributed by atoms with E-state index in [0.29, 0.717) is 6.61 Å². The lowest BCUT2D eigenvalue weighted by atomic mass is 9.83. The molecule has 3 nitrogen and oxygen atoms in total. The number of benzene rings is 1. The van der Waals surface area contributed by atoms with Gasteiger partial charge in [-0.15, -0.1) is 0 Å². The molecule has 1 fully saturated rings. The van der Waals surface area contributed by atoms with Crippen molar-refractivity contribution >= 4 is 5.69 Å². The van der Waals surface area contributed by atoms with Crippen molar-refractivity contribution in [1.82, 2.24) is 0 Å². The summed E-state index contributed by atoms with van der Waals surface area (Å²) in [4.78, 5) is 0. The second-order valence-corrected chi connectivity index (χ2v) is 4.97. The minimum atomic E-state index is 0.687. The minimum Gasteiger partial charge on any atom is -0.493 e. The highest BCUT2D eigenvalue weighted by Crippen LogP contribution is 2.29. The molecular weight excluding hydrogens is 226 g/mol. The van der Waals surface area contributed by atoms with Gasteiger partial charge >= 0.3 is 0 Å². The first-order valence-electron chi connectivity index (χ1n) is 6.90. The van der Waals surface area contributed by atoms with Gasteiger partial charge in [0, 0.05) is 31.4 Å². The maximum absolute atomic E-state index is 5.67. The van der Waals surface area contributed by atoms with E-state index in [0.717, 1.165) is 37.0 Å². The van der Waals surface area contributed by atoms with Gasteiger partial charge in [-0.1, -0.05) is 25.3 Å². The third-order valence-corrected chi connectivity index (χ3v) is 3.46. The molecule has 100 valence electrons. The molecular formula is C15H23NO2. The van der Waals surface area contributed by atoms with Crippen LogP contribution < -0.4 is 10.5 Å². The van der Waals surface area contributed by atoms with Gasteiger partial charge in [-0.25, -0.2) is 0 Å². The van der Waals surface area contributed by atoms with Crippen molar-refractivity contribution in [2.24, 2.45) is 5.92 Å². The van der Waals surface area contributed by atoms with Gasteiger partial charge in [0.1, 0.15) is 5.75 Å². The van der Waals surface area contributed by atoms with Crippen LogP contribution in [0, 0.1) is 5.92 Å². The molecule has 0 bridgehead atoms. The fraction of sp³-hybridized carbons (Fsp3) is 0.600. The molecule has 0 spiro atoms. The summed E-state index contributed by atoms with van der Waals surface area (Å²) in [5.74, 6) is 1.78. The summed E-state index contributed by atoms with van der Waals surface area (Å²) in [6, 6.07) is 7.53. The molecule has 0 aromatic heterocycles. The molecule has 0 radical (unpaired) electrons. The van der Waals surface area contributed by atoms with Gasteiger partial charge in [0.15, 0.2) is 0 Å². The van der Waals surface area contributed by atoms with E-state index in [9.17, 15) is 0 Å². The number of ether oxygens (including phenoxy) is 2. The predicted octanol–water partition coefficient (Wildman–Crippen LogP) is 3.24. The Balaban J connectivity index is 1.45. The Kier molecular flexibility index (Phi) is 5.34. The van der Waals surface area contributed by atoms with Crippen LogP contribution in [-0.4, -0.2) is 19.8 Å². The van der Waals surface area contributed by atoms with Crippen molar-refractivity contribution in [3.8, 4) is 5.75 Å². The molecule has 1 aliphatic carbocycles. The fourth-order valence-corrected chi connectivity index (χ4v) is 2.09. The Hall–Kier alpha value is -1.22. The smallest absolute Gasteiger partial charge is 0.121 e. The first-order chi connectivity index (χ1) is 8.84. The number of nitrogens with two attached hydrogens (primary N) is 1. The minimum absolute atomic E-state index is 0.687. The van der Waals surface area contributed by atoms with Gasteiger partial charge in [0.25, 0.3) is 0 Å². The molecule has 3 heteroatoms. The Morgan fingerprint density at radius 2 is 2.06 bits per heavy atom. The Labute approximate surface area is 109 Å². The van der Waals surface area contributed by atoms with E-state index in [1.165, 1.54) is 25.7 Å². The molecule has 0 atom stereocenters. The summed E-state index contributed by atoms with van der Waals surface area (Å²) in [6.45, 7) is 2.38. The number of hydrogen-bond donors (Lipinski definition) is 1. The summed E-state index contributed by atoms with van der Waals surface area (Å²) in [6.07, 6.45) is 6.39. The Morgan fingerprint density at radius 1 is 1.17 bits per heavy atom. The van der Waals surface area contributed by atoms with Crippen LogP contribution >= 0.6 is 0 Å². The zero-order valence-corrected chi connectivity index (χ0v) is 10.9. The van der Waals surface area contributed by atoms with Crippen LogP contribution in [0.25, 0.3) is 0 Å².